The number of nitrogens with zero attached hydrogens (tertiary/aromatic N) is 1. The second-order valence-electron chi connectivity index (χ2n) is 4.17. The van der Waals surface area contributed by atoms with Crippen LogP contribution in [0.25, 0.3) is 0 Å². The summed E-state index contributed by atoms with van der Waals surface area (Å²) in [6.07, 6.45) is 1.49. The van der Waals surface area contributed by atoms with Gasteiger partial charge in [-0.3, -0.25) is 9.59 Å². The van der Waals surface area contributed by atoms with E-state index in [0.29, 0.717) is 11.6 Å². The number of hydrogen-bond acceptors (Lipinski definition) is 2. The third-order valence-corrected chi connectivity index (χ3v) is 3.13. The summed E-state index contributed by atoms with van der Waals surface area (Å²) >= 11 is 6.04. The number of aromatic amines is 1. The lowest BCUT2D eigenvalue weighted by molar-refractivity contribution is 0.0783. The van der Waals surface area contributed by atoms with Crippen LogP contribution in [-0.4, -0.2) is 22.8 Å². The molecule has 0 spiro atoms. The van der Waals surface area contributed by atoms with E-state index in [0.717, 1.165) is 5.56 Å². The van der Waals surface area contributed by atoms with Crippen LogP contribution < -0.4 is 5.56 Å². The molecular weight excluding hydrogens is 264 g/mol. The summed E-state index contributed by atoms with van der Waals surface area (Å²) < 4.78 is 0. The molecule has 0 unspecified atom stereocenters. The SMILES string of the molecule is CN(Cc1ccccc1Cl)C(=O)c1ccc[nH]c1=O. The van der Waals surface area contributed by atoms with Crippen LogP contribution in [0.2, 0.25) is 5.02 Å². The van der Waals surface area contributed by atoms with Crippen molar-refractivity contribution in [1.82, 2.24) is 9.88 Å². The number of H-pyrrole nitrogens is 1. The van der Waals surface area contributed by atoms with Crippen molar-refractivity contribution in [3.05, 3.63) is 69.1 Å². The molecule has 0 saturated heterocycles. The van der Waals surface area contributed by atoms with E-state index in [9.17, 15) is 9.59 Å². The zero-order chi connectivity index (χ0) is 13.8. The lowest BCUT2D eigenvalue weighted by Gasteiger charge is -2.17. The highest BCUT2D eigenvalue weighted by atomic mass is 35.5. The lowest BCUT2D eigenvalue weighted by atomic mass is 10.2. The number of nitrogens with one attached hydrogen (secondary N) is 1. The third kappa shape index (κ3) is 3.03. The summed E-state index contributed by atoms with van der Waals surface area (Å²) in [5.41, 5.74) is 0.572. The van der Waals surface area contributed by atoms with Gasteiger partial charge >= 0.3 is 0 Å². The number of amides is 1. The van der Waals surface area contributed by atoms with Crippen molar-refractivity contribution in [1.29, 1.82) is 0 Å². The Hall–Kier alpha value is -2.07. The largest absolute Gasteiger partial charge is 0.337 e. The first-order chi connectivity index (χ1) is 9.09. The highest BCUT2D eigenvalue weighted by Crippen LogP contribution is 2.16. The Morgan fingerprint density at radius 3 is 2.68 bits per heavy atom. The molecule has 1 heterocycles. The molecule has 19 heavy (non-hydrogen) atoms. The van der Waals surface area contributed by atoms with Gasteiger partial charge in [-0.1, -0.05) is 29.8 Å². The minimum absolute atomic E-state index is 0.122. The zero-order valence-electron chi connectivity index (χ0n) is 10.4. The molecule has 2 aromatic rings. The van der Waals surface area contributed by atoms with Gasteiger partial charge in [-0.15, -0.1) is 0 Å². The lowest BCUT2D eigenvalue weighted by Crippen LogP contribution is -2.31. The minimum atomic E-state index is -0.390. The maximum atomic E-state index is 12.1. The van der Waals surface area contributed by atoms with Crippen LogP contribution in [0.5, 0.6) is 0 Å². The second kappa shape index (κ2) is 5.71. The maximum absolute atomic E-state index is 12.1. The first-order valence-electron chi connectivity index (χ1n) is 5.76. The molecule has 1 aromatic carbocycles. The topological polar surface area (TPSA) is 53.2 Å². The maximum Gasteiger partial charge on any atom is 0.260 e. The van der Waals surface area contributed by atoms with E-state index in [-0.39, 0.29) is 11.5 Å². The average Bonchev–Trinajstić information content (AvgIpc) is 2.41. The number of rotatable bonds is 3. The summed E-state index contributed by atoms with van der Waals surface area (Å²) in [6.45, 7) is 0.354. The standard InChI is InChI=1S/C14H13ClN2O2/c1-17(9-10-5-2-3-7-12(10)15)14(19)11-6-4-8-16-13(11)18/h2-8H,9H2,1H3,(H,16,18). The molecule has 1 amide bonds. The Bertz CT molecular complexity index is 652. The highest BCUT2D eigenvalue weighted by molar-refractivity contribution is 6.31. The van der Waals surface area contributed by atoms with Crippen LogP contribution in [0.1, 0.15) is 15.9 Å². The van der Waals surface area contributed by atoms with Gasteiger partial charge in [0.05, 0.1) is 0 Å². The van der Waals surface area contributed by atoms with Gasteiger partial charge in [-0.2, -0.15) is 0 Å². The zero-order valence-corrected chi connectivity index (χ0v) is 11.1. The number of halogens is 1. The molecule has 0 bridgehead atoms. The van der Waals surface area contributed by atoms with Crippen molar-refractivity contribution in [2.75, 3.05) is 7.05 Å². The summed E-state index contributed by atoms with van der Waals surface area (Å²) in [5.74, 6) is -0.332. The minimum Gasteiger partial charge on any atom is -0.337 e. The molecule has 1 N–H and O–H groups in total. The fourth-order valence-electron chi connectivity index (χ4n) is 1.75. The molecule has 2 rings (SSSR count). The molecule has 0 aliphatic rings. The van der Waals surface area contributed by atoms with E-state index in [1.54, 1.807) is 19.2 Å². The van der Waals surface area contributed by atoms with Gasteiger partial charge in [-0.25, -0.2) is 0 Å². The van der Waals surface area contributed by atoms with Gasteiger partial charge in [0.2, 0.25) is 0 Å². The van der Waals surface area contributed by atoms with Crippen LogP contribution in [0.4, 0.5) is 0 Å². The van der Waals surface area contributed by atoms with Gasteiger partial charge in [0, 0.05) is 24.8 Å². The number of carbonyl (C=O) groups is 1. The average molecular weight is 277 g/mol. The Kier molecular flexibility index (Phi) is 4.02. The summed E-state index contributed by atoms with van der Waals surface area (Å²) in [5, 5.41) is 0.601. The highest BCUT2D eigenvalue weighted by Gasteiger charge is 2.15. The molecule has 4 nitrogen and oxygen atoms in total. The molecular formula is C14H13ClN2O2. The number of aromatic nitrogens is 1. The van der Waals surface area contributed by atoms with Crippen LogP contribution >= 0.6 is 11.6 Å². The Labute approximate surface area is 115 Å². The van der Waals surface area contributed by atoms with E-state index in [1.807, 2.05) is 18.2 Å². The predicted molar refractivity (Wildman–Crippen MR) is 74.3 cm³/mol. The monoisotopic (exact) mass is 276 g/mol. The molecule has 0 radical (unpaired) electrons. The predicted octanol–water partition coefficient (Wildman–Crippen LogP) is 2.30. The van der Waals surface area contributed by atoms with Crippen molar-refractivity contribution in [3.63, 3.8) is 0 Å². The first kappa shape index (κ1) is 13.4. The van der Waals surface area contributed by atoms with Crippen molar-refractivity contribution in [3.8, 4) is 0 Å². The smallest absolute Gasteiger partial charge is 0.260 e. The molecule has 5 heteroatoms. The number of benzene rings is 1. The van der Waals surface area contributed by atoms with Gasteiger partial charge in [-0.05, 0) is 23.8 Å². The van der Waals surface area contributed by atoms with Crippen molar-refractivity contribution >= 4 is 17.5 Å². The van der Waals surface area contributed by atoms with Gasteiger partial charge < -0.3 is 9.88 Å². The van der Waals surface area contributed by atoms with E-state index in [1.165, 1.54) is 17.2 Å². The summed E-state index contributed by atoms with van der Waals surface area (Å²) in [6, 6.07) is 10.4. The first-order valence-corrected chi connectivity index (χ1v) is 6.14. The third-order valence-electron chi connectivity index (χ3n) is 2.76. The Morgan fingerprint density at radius 2 is 2.00 bits per heavy atom. The number of carbonyl (C=O) groups excluding carboxylic acids is 1. The molecule has 0 atom stereocenters. The number of pyridine rings is 1. The molecule has 1 aromatic heterocycles. The Morgan fingerprint density at radius 1 is 1.26 bits per heavy atom. The molecule has 0 fully saturated rings. The van der Waals surface area contributed by atoms with Gasteiger partial charge in [0.15, 0.2) is 0 Å². The van der Waals surface area contributed by atoms with Crippen molar-refractivity contribution in [2.24, 2.45) is 0 Å². The van der Waals surface area contributed by atoms with Crippen LogP contribution in [0.3, 0.4) is 0 Å². The normalized spacial score (nSPS) is 10.2. The van der Waals surface area contributed by atoms with Gasteiger partial charge in [0.1, 0.15) is 5.56 Å². The number of hydrogen-bond donors (Lipinski definition) is 1. The fourth-order valence-corrected chi connectivity index (χ4v) is 1.95. The van der Waals surface area contributed by atoms with Crippen molar-refractivity contribution in [2.45, 2.75) is 6.54 Å². The van der Waals surface area contributed by atoms with Crippen LogP contribution in [0, 0.1) is 0 Å². The van der Waals surface area contributed by atoms with E-state index in [2.05, 4.69) is 4.98 Å². The van der Waals surface area contributed by atoms with Crippen LogP contribution in [0.15, 0.2) is 47.4 Å². The quantitative estimate of drug-likeness (QED) is 0.935. The molecule has 0 aliphatic heterocycles. The Balaban J connectivity index is 2.19. The molecule has 0 saturated carbocycles. The molecule has 98 valence electrons. The van der Waals surface area contributed by atoms with E-state index >= 15 is 0 Å². The van der Waals surface area contributed by atoms with Crippen molar-refractivity contribution < 1.29 is 4.79 Å². The summed E-state index contributed by atoms with van der Waals surface area (Å²) in [4.78, 5) is 27.6. The fraction of sp³-hybridized carbons (Fsp3) is 0.143. The second-order valence-corrected chi connectivity index (χ2v) is 4.57. The van der Waals surface area contributed by atoms with E-state index < -0.39 is 5.56 Å². The molecule has 0 aliphatic carbocycles. The van der Waals surface area contributed by atoms with E-state index in [4.69, 9.17) is 11.6 Å². The van der Waals surface area contributed by atoms with Crippen LogP contribution in [-0.2, 0) is 6.54 Å². The van der Waals surface area contributed by atoms with Gasteiger partial charge in [0.25, 0.3) is 11.5 Å². The summed E-state index contributed by atoms with van der Waals surface area (Å²) in [7, 11) is 1.64.